The van der Waals surface area contributed by atoms with Crippen LogP contribution in [0.25, 0.3) is 0 Å². The molecule has 0 saturated heterocycles. The highest BCUT2D eigenvalue weighted by Gasteiger charge is 2.33. The molecule has 2 N–H and O–H groups in total. The molecule has 2 rings (SSSR count). The zero-order valence-corrected chi connectivity index (χ0v) is 11.0. The Balaban J connectivity index is 2.21. The van der Waals surface area contributed by atoms with E-state index in [0.29, 0.717) is 18.7 Å². The minimum Gasteiger partial charge on any atom is -0.402 e. The lowest BCUT2D eigenvalue weighted by atomic mass is 10.1. The van der Waals surface area contributed by atoms with Crippen molar-refractivity contribution in [2.45, 2.75) is 10.5 Å². The third kappa shape index (κ3) is 1.93. The van der Waals surface area contributed by atoms with Crippen LogP contribution in [-0.4, -0.2) is 17.4 Å². The number of amides is 1. The predicted molar refractivity (Wildman–Crippen MR) is 72.2 cm³/mol. The zero-order chi connectivity index (χ0) is 11.7. The topological polar surface area (TPSA) is 46.3 Å². The maximum Gasteiger partial charge on any atom is 0.255 e. The molecule has 3 nitrogen and oxygen atoms in total. The fourth-order valence-electron chi connectivity index (χ4n) is 1.80. The average molecular weight is 328 g/mol. The highest BCUT2D eigenvalue weighted by molar-refractivity contribution is 14.1. The minimum atomic E-state index is 0.0938. The Hall–Kier alpha value is -1.04. The van der Waals surface area contributed by atoms with Crippen LogP contribution >= 0.6 is 22.6 Å². The molecule has 0 spiro atoms. The molecule has 0 aliphatic carbocycles. The summed E-state index contributed by atoms with van der Waals surface area (Å²) in [6.07, 6.45) is 0.652. The molecule has 0 fully saturated rings. The fourth-order valence-corrected chi connectivity index (χ4v) is 2.88. The summed E-state index contributed by atoms with van der Waals surface area (Å²) in [6.45, 7) is 4.29. The van der Waals surface area contributed by atoms with E-state index in [1.54, 1.807) is 0 Å². The van der Waals surface area contributed by atoms with Crippen LogP contribution < -0.4 is 5.73 Å². The van der Waals surface area contributed by atoms with Gasteiger partial charge in [0.2, 0.25) is 0 Å². The number of benzene rings is 1. The number of rotatable bonds is 3. The van der Waals surface area contributed by atoms with E-state index in [1.807, 2.05) is 29.2 Å². The Morgan fingerprint density at radius 1 is 1.50 bits per heavy atom. The normalized spacial score (nSPS) is 18.7. The van der Waals surface area contributed by atoms with E-state index in [1.165, 1.54) is 0 Å². The van der Waals surface area contributed by atoms with Gasteiger partial charge in [-0.3, -0.25) is 4.79 Å². The number of hydrogen-bond acceptors (Lipinski definition) is 2. The van der Waals surface area contributed by atoms with Gasteiger partial charge < -0.3 is 10.6 Å². The molecule has 0 radical (unpaired) electrons. The molecule has 1 aromatic rings. The SMILES string of the molecule is C=C(N)CCN1C(=O)c2ccccc2C1I. The number of fused-ring (bicyclic) bond motifs is 1. The fraction of sp³-hybridized carbons (Fsp3) is 0.250. The van der Waals surface area contributed by atoms with Crippen LogP contribution in [-0.2, 0) is 0 Å². The highest BCUT2D eigenvalue weighted by Crippen LogP contribution is 2.38. The molecule has 0 bridgehead atoms. The van der Waals surface area contributed by atoms with E-state index in [-0.39, 0.29) is 9.96 Å². The summed E-state index contributed by atoms with van der Waals surface area (Å²) >= 11 is 2.28. The molecule has 4 heteroatoms. The van der Waals surface area contributed by atoms with Crippen molar-refractivity contribution < 1.29 is 4.79 Å². The Morgan fingerprint density at radius 2 is 2.19 bits per heavy atom. The highest BCUT2D eigenvalue weighted by atomic mass is 127. The first-order valence-corrected chi connectivity index (χ1v) is 6.33. The van der Waals surface area contributed by atoms with Crippen molar-refractivity contribution in [3.8, 4) is 0 Å². The summed E-state index contributed by atoms with van der Waals surface area (Å²) in [5.41, 5.74) is 8.05. The Bertz CT molecular complexity index is 444. The van der Waals surface area contributed by atoms with E-state index >= 15 is 0 Å². The Labute approximate surface area is 108 Å². The Morgan fingerprint density at radius 3 is 2.81 bits per heavy atom. The summed E-state index contributed by atoms with van der Waals surface area (Å²) in [4.78, 5) is 13.9. The van der Waals surface area contributed by atoms with Crippen molar-refractivity contribution in [1.29, 1.82) is 0 Å². The summed E-state index contributed by atoms with van der Waals surface area (Å²) in [5, 5.41) is 0. The van der Waals surface area contributed by atoms with E-state index in [0.717, 1.165) is 11.1 Å². The third-order valence-corrected chi connectivity index (χ3v) is 4.00. The first-order chi connectivity index (χ1) is 7.61. The molecular weight excluding hydrogens is 315 g/mol. The van der Waals surface area contributed by atoms with Gasteiger partial charge in [0.25, 0.3) is 5.91 Å². The van der Waals surface area contributed by atoms with Crippen LogP contribution in [0, 0.1) is 0 Å². The molecule has 16 heavy (non-hydrogen) atoms. The molecule has 0 aromatic heterocycles. The van der Waals surface area contributed by atoms with Gasteiger partial charge in [-0.05, 0) is 11.6 Å². The molecule has 1 amide bonds. The maximum atomic E-state index is 12.1. The van der Waals surface area contributed by atoms with Crippen LogP contribution in [0.3, 0.4) is 0 Å². The van der Waals surface area contributed by atoms with Crippen molar-refractivity contribution in [1.82, 2.24) is 4.90 Å². The molecule has 1 aromatic carbocycles. The molecule has 1 unspecified atom stereocenters. The van der Waals surface area contributed by atoms with Crippen molar-refractivity contribution in [2.75, 3.05) is 6.54 Å². The van der Waals surface area contributed by atoms with Crippen LogP contribution in [0.5, 0.6) is 0 Å². The van der Waals surface area contributed by atoms with E-state index in [9.17, 15) is 4.79 Å². The summed E-state index contributed by atoms with van der Waals surface area (Å²) < 4.78 is 0.112. The number of carbonyl (C=O) groups excluding carboxylic acids is 1. The van der Waals surface area contributed by atoms with Crippen molar-refractivity contribution in [2.24, 2.45) is 5.73 Å². The largest absolute Gasteiger partial charge is 0.402 e. The van der Waals surface area contributed by atoms with Gasteiger partial charge in [-0.15, -0.1) is 0 Å². The molecular formula is C12H13IN2O. The summed E-state index contributed by atoms with van der Waals surface area (Å²) in [6, 6.07) is 7.73. The molecule has 1 heterocycles. The van der Waals surface area contributed by atoms with Crippen molar-refractivity contribution in [3.63, 3.8) is 0 Å². The number of alkyl halides is 1. The summed E-state index contributed by atoms with van der Waals surface area (Å²) in [7, 11) is 0. The molecule has 1 aliphatic rings. The summed E-state index contributed by atoms with van der Waals surface area (Å²) in [5.74, 6) is 0.0938. The van der Waals surface area contributed by atoms with Gasteiger partial charge in [0.15, 0.2) is 0 Å². The number of nitrogens with two attached hydrogens (primary N) is 1. The number of carbonyl (C=O) groups is 1. The first kappa shape index (κ1) is 11.4. The standard InChI is InChI=1S/C12H13IN2O/c1-8(14)6-7-15-11(13)9-4-2-3-5-10(9)12(15)16/h2-5,11H,1,6-7,14H2. The van der Waals surface area contributed by atoms with Crippen LogP contribution in [0.2, 0.25) is 0 Å². The van der Waals surface area contributed by atoms with Gasteiger partial charge in [0, 0.05) is 24.2 Å². The van der Waals surface area contributed by atoms with Gasteiger partial charge >= 0.3 is 0 Å². The molecule has 1 atom stereocenters. The lowest BCUT2D eigenvalue weighted by molar-refractivity contribution is 0.0782. The molecule has 1 aliphatic heterocycles. The second-order valence-electron chi connectivity index (χ2n) is 3.83. The number of halogens is 1. The zero-order valence-electron chi connectivity index (χ0n) is 8.82. The van der Waals surface area contributed by atoms with Crippen LogP contribution in [0.1, 0.15) is 26.4 Å². The van der Waals surface area contributed by atoms with Gasteiger partial charge in [0.05, 0.1) is 0 Å². The smallest absolute Gasteiger partial charge is 0.255 e. The number of nitrogens with zero attached hydrogens (tertiary/aromatic N) is 1. The van der Waals surface area contributed by atoms with Crippen LogP contribution in [0.4, 0.5) is 0 Å². The van der Waals surface area contributed by atoms with Gasteiger partial charge in [0.1, 0.15) is 4.05 Å². The van der Waals surface area contributed by atoms with E-state index in [4.69, 9.17) is 5.73 Å². The monoisotopic (exact) mass is 328 g/mol. The minimum absolute atomic E-state index is 0.0938. The van der Waals surface area contributed by atoms with Crippen LogP contribution in [0.15, 0.2) is 36.5 Å². The predicted octanol–water partition coefficient (Wildman–Crippen LogP) is 2.44. The average Bonchev–Trinajstić information content (AvgIpc) is 2.50. The quantitative estimate of drug-likeness (QED) is 0.526. The molecule has 0 saturated carbocycles. The molecule has 84 valence electrons. The maximum absolute atomic E-state index is 12.1. The second-order valence-corrected chi connectivity index (χ2v) is 5.01. The Kier molecular flexibility index (Phi) is 3.18. The number of hydrogen-bond donors (Lipinski definition) is 1. The second kappa shape index (κ2) is 4.45. The van der Waals surface area contributed by atoms with E-state index in [2.05, 4.69) is 29.2 Å². The van der Waals surface area contributed by atoms with Crippen molar-refractivity contribution in [3.05, 3.63) is 47.7 Å². The first-order valence-electron chi connectivity index (χ1n) is 5.08. The van der Waals surface area contributed by atoms with Crippen molar-refractivity contribution >= 4 is 28.5 Å². The lowest BCUT2D eigenvalue weighted by Crippen LogP contribution is -2.27. The van der Waals surface area contributed by atoms with Gasteiger partial charge in [-0.25, -0.2) is 0 Å². The van der Waals surface area contributed by atoms with Gasteiger partial charge in [-0.2, -0.15) is 0 Å². The van der Waals surface area contributed by atoms with E-state index < -0.39 is 0 Å². The third-order valence-electron chi connectivity index (χ3n) is 2.66. The van der Waals surface area contributed by atoms with Gasteiger partial charge in [-0.1, -0.05) is 47.4 Å². The lowest BCUT2D eigenvalue weighted by Gasteiger charge is -2.20.